The fraction of sp³-hybridized carbons (Fsp3) is 0.222. The standard InChI is InChI=1S/C9H9ClF2N2S/c10-7-3-5(14-4-8(11)12)1-2-6(7)9(13)15/h1-3,8,14H,4H2,(H2,13,15). The Balaban J connectivity index is 2.78. The average Bonchev–Trinajstić information content (AvgIpc) is 2.14. The zero-order chi connectivity index (χ0) is 11.4. The summed E-state index contributed by atoms with van der Waals surface area (Å²) in [6.45, 7) is -0.414. The highest BCUT2D eigenvalue weighted by molar-refractivity contribution is 7.80. The molecule has 1 aromatic rings. The van der Waals surface area contributed by atoms with E-state index in [9.17, 15) is 8.78 Å². The fourth-order valence-corrected chi connectivity index (χ4v) is 1.54. The molecule has 0 radical (unpaired) electrons. The van der Waals surface area contributed by atoms with Gasteiger partial charge in [-0.15, -0.1) is 0 Å². The van der Waals surface area contributed by atoms with Gasteiger partial charge in [0.25, 0.3) is 6.43 Å². The molecule has 1 rings (SSSR count). The third-order valence-corrected chi connectivity index (χ3v) is 2.23. The highest BCUT2D eigenvalue weighted by Crippen LogP contribution is 2.20. The van der Waals surface area contributed by atoms with Gasteiger partial charge >= 0.3 is 0 Å². The second-order valence-corrected chi connectivity index (χ2v) is 3.68. The Kier molecular flexibility index (Phi) is 4.23. The maximum atomic E-state index is 11.9. The van der Waals surface area contributed by atoms with Crippen molar-refractivity contribution in [3.63, 3.8) is 0 Å². The number of hydrogen-bond donors (Lipinski definition) is 2. The zero-order valence-electron chi connectivity index (χ0n) is 7.64. The Hall–Kier alpha value is -0.940. The summed E-state index contributed by atoms with van der Waals surface area (Å²) in [5.41, 5.74) is 6.44. The SMILES string of the molecule is NC(=S)c1ccc(NCC(F)F)cc1Cl. The van der Waals surface area contributed by atoms with Crippen molar-refractivity contribution in [1.29, 1.82) is 0 Å². The van der Waals surface area contributed by atoms with Crippen LogP contribution in [0.3, 0.4) is 0 Å². The largest absolute Gasteiger partial charge is 0.389 e. The molecule has 0 saturated heterocycles. The number of nitrogens with two attached hydrogens (primary N) is 1. The van der Waals surface area contributed by atoms with Crippen LogP contribution in [0.25, 0.3) is 0 Å². The van der Waals surface area contributed by atoms with Crippen LogP contribution in [-0.4, -0.2) is 18.0 Å². The molecule has 0 atom stereocenters. The van der Waals surface area contributed by atoms with Crippen LogP contribution in [0.2, 0.25) is 5.02 Å². The minimum atomic E-state index is -2.40. The van der Waals surface area contributed by atoms with Gasteiger partial charge in [0, 0.05) is 11.3 Å². The van der Waals surface area contributed by atoms with E-state index in [1.807, 2.05) is 0 Å². The molecule has 0 aliphatic heterocycles. The van der Waals surface area contributed by atoms with Gasteiger partial charge in [-0.25, -0.2) is 8.78 Å². The summed E-state index contributed by atoms with van der Waals surface area (Å²) in [6, 6.07) is 4.71. The summed E-state index contributed by atoms with van der Waals surface area (Å²) in [4.78, 5) is 0.181. The number of rotatable bonds is 4. The number of thiocarbonyl (C=S) groups is 1. The van der Waals surface area contributed by atoms with Crippen molar-refractivity contribution in [2.24, 2.45) is 5.73 Å². The number of anilines is 1. The van der Waals surface area contributed by atoms with E-state index in [2.05, 4.69) is 5.32 Å². The smallest absolute Gasteiger partial charge is 0.255 e. The van der Waals surface area contributed by atoms with Crippen LogP contribution in [0.4, 0.5) is 14.5 Å². The minimum Gasteiger partial charge on any atom is -0.389 e. The maximum Gasteiger partial charge on any atom is 0.255 e. The number of halogens is 3. The van der Waals surface area contributed by atoms with Crippen LogP contribution in [0, 0.1) is 0 Å². The second-order valence-electron chi connectivity index (χ2n) is 2.83. The molecule has 3 N–H and O–H groups in total. The molecule has 0 fully saturated rings. The van der Waals surface area contributed by atoms with Crippen molar-refractivity contribution in [2.45, 2.75) is 6.43 Å². The van der Waals surface area contributed by atoms with Gasteiger partial charge in [0.2, 0.25) is 0 Å². The number of benzene rings is 1. The molecule has 0 saturated carbocycles. The van der Waals surface area contributed by atoms with Crippen LogP contribution in [0.1, 0.15) is 5.56 Å². The van der Waals surface area contributed by atoms with E-state index in [-0.39, 0.29) is 4.99 Å². The Morgan fingerprint density at radius 1 is 1.53 bits per heavy atom. The Morgan fingerprint density at radius 3 is 2.67 bits per heavy atom. The lowest BCUT2D eigenvalue weighted by Gasteiger charge is -2.08. The Bertz CT molecular complexity index is 371. The molecule has 0 amide bonds. The van der Waals surface area contributed by atoms with Gasteiger partial charge in [-0.1, -0.05) is 23.8 Å². The molecule has 0 aliphatic carbocycles. The topological polar surface area (TPSA) is 38.0 Å². The molecular formula is C9H9ClF2N2S. The molecular weight excluding hydrogens is 242 g/mol. The third kappa shape index (κ3) is 3.60. The van der Waals surface area contributed by atoms with Crippen molar-refractivity contribution in [3.05, 3.63) is 28.8 Å². The third-order valence-electron chi connectivity index (χ3n) is 1.70. The van der Waals surface area contributed by atoms with E-state index < -0.39 is 13.0 Å². The summed E-state index contributed by atoms with van der Waals surface area (Å²) >= 11 is 10.6. The monoisotopic (exact) mass is 250 g/mol. The van der Waals surface area contributed by atoms with Crippen LogP contribution in [-0.2, 0) is 0 Å². The summed E-state index contributed by atoms with van der Waals surface area (Å²) in [7, 11) is 0. The summed E-state index contributed by atoms with van der Waals surface area (Å²) in [5.74, 6) is 0. The predicted molar refractivity (Wildman–Crippen MR) is 61.8 cm³/mol. The van der Waals surface area contributed by atoms with Crippen LogP contribution < -0.4 is 11.1 Å². The van der Waals surface area contributed by atoms with Crippen LogP contribution >= 0.6 is 23.8 Å². The molecule has 82 valence electrons. The molecule has 0 heterocycles. The predicted octanol–water partition coefficient (Wildman–Crippen LogP) is 2.65. The summed E-state index contributed by atoms with van der Waals surface area (Å²) < 4.78 is 23.8. The van der Waals surface area contributed by atoms with Crippen molar-refractivity contribution >= 4 is 34.5 Å². The first kappa shape index (κ1) is 12.1. The van der Waals surface area contributed by atoms with E-state index in [0.717, 1.165) is 0 Å². The molecule has 0 spiro atoms. The summed E-state index contributed by atoms with van der Waals surface area (Å²) in [6.07, 6.45) is -2.40. The van der Waals surface area contributed by atoms with E-state index in [4.69, 9.17) is 29.6 Å². The number of alkyl halides is 2. The van der Waals surface area contributed by atoms with Crippen LogP contribution in [0.5, 0.6) is 0 Å². The van der Waals surface area contributed by atoms with E-state index >= 15 is 0 Å². The van der Waals surface area contributed by atoms with Gasteiger partial charge in [-0.05, 0) is 18.2 Å². The van der Waals surface area contributed by atoms with Gasteiger partial charge < -0.3 is 11.1 Å². The molecule has 0 aromatic heterocycles. The zero-order valence-corrected chi connectivity index (χ0v) is 9.21. The van der Waals surface area contributed by atoms with Gasteiger partial charge in [-0.3, -0.25) is 0 Å². The van der Waals surface area contributed by atoms with Gasteiger partial charge in [0.05, 0.1) is 11.6 Å². The van der Waals surface area contributed by atoms with Crippen LogP contribution in [0.15, 0.2) is 18.2 Å². The van der Waals surface area contributed by atoms with E-state index in [1.165, 1.54) is 6.07 Å². The summed E-state index contributed by atoms with van der Waals surface area (Å²) in [5, 5.41) is 2.88. The van der Waals surface area contributed by atoms with E-state index in [0.29, 0.717) is 16.3 Å². The molecule has 6 heteroatoms. The highest BCUT2D eigenvalue weighted by atomic mass is 35.5. The molecule has 15 heavy (non-hydrogen) atoms. The molecule has 2 nitrogen and oxygen atoms in total. The number of hydrogen-bond acceptors (Lipinski definition) is 2. The Labute approximate surface area is 96.4 Å². The van der Waals surface area contributed by atoms with Crippen molar-refractivity contribution < 1.29 is 8.78 Å². The lowest BCUT2D eigenvalue weighted by atomic mass is 10.2. The van der Waals surface area contributed by atoms with Gasteiger partial charge in [0.15, 0.2) is 0 Å². The molecule has 0 aliphatic rings. The first-order valence-electron chi connectivity index (χ1n) is 4.12. The van der Waals surface area contributed by atoms with Gasteiger partial charge in [0.1, 0.15) is 4.99 Å². The first-order chi connectivity index (χ1) is 7.00. The van der Waals surface area contributed by atoms with E-state index in [1.54, 1.807) is 12.1 Å². The lowest BCUT2D eigenvalue weighted by Crippen LogP contribution is -2.12. The molecule has 0 bridgehead atoms. The first-order valence-corrected chi connectivity index (χ1v) is 4.90. The molecule has 0 unspecified atom stereocenters. The maximum absolute atomic E-state index is 11.9. The lowest BCUT2D eigenvalue weighted by molar-refractivity contribution is 0.163. The van der Waals surface area contributed by atoms with Crippen molar-refractivity contribution in [3.8, 4) is 0 Å². The molecule has 1 aromatic carbocycles. The number of nitrogens with one attached hydrogen (secondary N) is 1. The normalized spacial score (nSPS) is 10.4. The minimum absolute atomic E-state index is 0.181. The second kappa shape index (κ2) is 5.23. The fourth-order valence-electron chi connectivity index (χ4n) is 1.02. The van der Waals surface area contributed by atoms with Crippen molar-refractivity contribution in [1.82, 2.24) is 0 Å². The highest BCUT2D eigenvalue weighted by Gasteiger charge is 2.06. The quantitative estimate of drug-likeness (QED) is 0.807. The van der Waals surface area contributed by atoms with Gasteiger partial charge in [-0.2, -0.15) is 0 Å². The Morgan fingerprint density at radius 2 is 2.20 bits per heavy atom. The average molecular weight is 251 g/mol. The van der Waals surface area contributed by atoms with Crippen molar-refractivity contribution in [2.75, 3.05) is 11.9 Å².